The van der Waals surface area contributed by atoms with Crippen molar-refractivity contribution in [3.63, 3.8) is 0 Å². The highest BCUT2D eigenvalue weighted by molar-refractivity contribution is 6.74. The van der Waals surface area contributed by atoms with E-state index in [0.29, 0.717) is 6.42 Å². The molecule has 0 saturated heterocycles. The van der Waals surface area contributed by atoms with Crippen LogP contribution in [-0.2, 0) is 18.8 Å². The van der Waals surface area contributed by atoms with Gasteiger partial charge >= 0.3 is 5.97 Å². The number of ether oxygens (including phenoxy) is 1. The number of esters is 1. The van der Waals surface area contributed by atoms with Gasteiger partial charge in [-0.3, -0.25) is 4.79 Å². The molecular weight excluding hydrogens is 332 g/mol. The number of carbonyl (C=O) groups is 2. The highest BCUT2D eigenvalue weighted by Gasteiger charge is 2.38. The second-order valence-corrected chi connectivity index (χ2v) is 13.1. The van der Waals surface area contributed by atoms with Gasteiger partial charge in [0, 0.05) is 12.5 Å². The Morgan fingerprint density at radius 1 is 1.08 bits per heavy atom. The fourth-order valence-electron chi connectivity index (χ4n) is 2.32. The zero-order valence-electron chi connectivity index (χ0n) is 16.6. The first-order valence-electron chi connectivity index (χ1n) is 9.29. The van der Waals surface area contributed by atoms with E-state index in [2.05, 4.69) is 33.9 Å². The van der Waals surface area contributed by atoms with E-state index in [-0.39, 0.29) is 22.9 Å². The maximum absolute atomic E-state index is 12.0. The molecule has 1 aliphatic heterocycles. The minimum atomic E-state index is -2.02. The highest BCUT2D eigenvalue weighted by atomic mass is 28.4. The van der Waals surface area contributed by atoms with Crippen molar-refractivity contribution in [3.8, 4) is 0 Å². The Labute approximate surface area is 153 Å². The van der Waals surface area contributed by atoms with Crippen molar-refractivity contribution in [3.05, 3.63) is 24.3 Å². The van der Waals surface area contributed by atoms with Crippen molar-refractivity contribution in [2.75, 3.05) is 0 Å². The van der Waals surface area contributed by atoms with Crippen molar-refractivity contribution < 1.29 is 18.8 Å². The summed E-state index contributed by atoms with van der Waals surface area (Å²) in [6, 6.07) is 0. The van der Waals surface area contributed by atoms with Crippen LogP contribution in [0.1, 0.15) is 59.8 Å². The van der Waals surface area contributed by atoms with Crippen LogP contribution in [0.3, 0.4) is 0 Å². The van der Waals surface area contributed by atoms with Crippen molar-refractivity contribution in [2.24, 2.45) is 0 Å². The minimum absolute atomic E-state index is 0.0484. The second kappa shape index (κ2) is 9.48. The van der Waals surface area contributed by atoms with Gasteiger partial charge in [-0.15, -0.1) is 0 Å². The number of allylic oxidation sites excluding steroid dienone is 1. The van der Waals surface area contributed by atoms with Crippen molar-refractivity contribution in [2.45, 2.75) is 90.1 Å². The van der Waals surface area contributed by atoms with Gasteiger partial charge in [0.2, 0.25) is 0 Å². The summed E-state index contributed by atoms with van der Waals surface area (Å²) in [5, 5.41) is 0.0484. The van der Waals surface area contributed by atoms with Crippen molar-refractivity contribution >= 4 is 20.1 Å². The largest absolute Gasteiger partial charge is 0.460 e. The molecule has 25 heavy (non-hydrogen) atoms. The lowest BCUT2D eigenvalue weighted by atomic mass is 10.1. The van der Waals surface area contributed by atoms with Crippen LogP contribution in [0.15, 0.2) is 24.3 Å². The zero-order valence-corrected chi connectivity index (χ0v) is 17.6. The summed E-state index contributed by atoms with van der Waals surface area (Å²) < 4.78 is 11.7. The molecule has 0 unspecified atom stereocenters. The lowest BCUT2D eigenvalue weighted by Crippen LogP contribution is -2.43. The average molecular weight is 367 g/mol. The third-order valence-corrected chi connectivity index (χ3v) is 9.46. The number of hydrogen-bond acceptors (Lipinski definition) is 4. The number of ketones is 1. The Kier molecular flexibility index (Phi) is 8.28. The Balaban J connectivity index is 2.96. The molecule has 0 aromatic heterocycles. The molecule has 1 rings (SSSR count). The molecule has 5 heteroatoms. The maximum Gasteiger partial charge on any atom is 0.330 e. The van der Waals surface area contributed by atoms with E-state index < -0.39 is 14.4 Å². The van der Waals surface area contributed by atoms with E-state index >= 15 is 0 Å². The smallest absolute Gasteiger partial charge is 0.330 e. The summed E-state index contributed by atoms with van der Waals surface area (Å²) >= 11 is 0. The predicted molar refractivity (Wildman–Crippen MR) is 104 cm³/mol. The van der Waals surface area contributed by atoms with Crippen LogP contribution < -0.4 is 0 Å². The molecule has 0 aliphatic carbocycles. The lowest BCUT2D eigenvalue weighted by molar-refractivity contribution is -0.142. The molecule has 0 aromatic carbocycles. The third-order valence-electron chi connectivity index (χ3n) is 4.98. The quantitative estimate of drug-likeness (QED) is 0.512. The second-order valence-electron chi connectivity index (χ2n) is 8.37. The molecule has 0 aromatic rings. The number of carbonyl (C=O) groups excluding carboxylic acids is 2. The van der Waals surface area contributed by atoms with Gasteiger partial charge in [0.1, 0.15) is 0 Å². The molecule has 2 atom stereocenters. The molecule has 0 spiro atoms. The van der Waals surface area contributed by atoms with E-state index in [4.69, 9.17) is 9.16 Å². The van der Waals surface area contributed by atoms with Crippen LogP contribution in [0, 0.1) is 0 Å². The Morgan fingerprint density at radius 3 is 2.36 bits per heavy atom. The van der Waals surface area contributed by atoms with Gasteiger partial charge in [0.15, 0.2) is 14.1 Å². The maximum atomic E-state index is 12.0. The molecule has 4 nitrogen and oxygen atoms in total. The SMILES string of the molecule is C[C@H]1CCCCCC(=O)/C=C/[C@@H](O[Si](C)(C)C(C)(C)C)/C=C/C(=O)O1. The first-order chi connectivity index (χ1) is 11.5. The topological polar surface area (TPSA) is 52.6 Å². The summed E-state index contributed by atoms with van der Waals surface area (Å²) in [5.74, 6) is -0.238. The summed E-state index contributed by atoms with van der Waals surface area (Å²) in [6.07, 6.45) is 10.2. The molecule has 0 saturated carbocycles. The van der Waals surface area contributed by atoms with Crippen LogP contribution in [0.25, 0.3) is 0 Å². The molecule has 0 N–H and O–H groups in total. The van der Waals surface area contributed by atoms with E-state index in [1.54, 1.807) is 18.2 Å². The summed E-state index contributed by atoms with van der Waals surface area (Å²) in [6.45, 7) is 12.7. The molecular formula is C20H34O4Si. The predicted octanol–water partition coefficient (Wildman–Crippen LogP) is 4.95. The fraction of sp³-hybridized carbons (Fsp3) is 0.700. The Morgan fingerprint density at radius 2 is 1.72 bits per heavy atom. The van der Waals surface area contributed by atoms with Crippen molar-refractivity contribution in [1.82, 2.24) is 0 Å². The van der Waals surface area contributed by atoms with Crippen LogP contribution in [0.2, 0.25) is 18.1 Å². The first kappa shape index (κ1) is 21.8. The van der Waals surface area contributed by atoms with E-state index in [1.807, 2.05) is 6.92 Å². The normalized spacial score (nSPS) is 27.3. The fourth-order valence-corrected chi connectivity index (χ4v) is 3.51. The van der Waals surface area contributed by atoms with Gasteiger partial charge < -0.3 is 9.16 Å². The standard InChI is InChI=1S/C20H34O4Si/c1-16-10-8-7-9-11-17(21)12-13-18(14-15-19(22)23-16)24-25(5,6)20(2,3)4/h12-16,18H,7-11H2,1-6H3/b13-12+,15-14+/t16-,18+/m0/s1. The average Bonchev–Trinajstić information content (AvgIpc) is 2.47. The van der Waals surface area contributed by atoms with Crippen LogP contribution in [-0.4, -0.2) is 32.3 Å². The molecule has 1 heterocycles. The molecule has 0 bridgehead atoms. The molecule has 0 amide bonds. The Bertz CT molecular complexity index is 514. The summed E-state index contributed by atoms with van der Waals surface area (Å²) in [5.41, 5.74) is 0. The number of hydrogen-bond donors (Lipinski definition) is 0. The summed E-state index contributed by atoms with van der Waals surface area (Å²) in [7, 11) is -2.02. The van der Waals surface area contributed by atoms with Gasteiger partial charge in [-0.1, -0.05) is 27.2 Å². The van der Waals surface area contributed by atoms with Gasteiger partial charge in [0.25, 0.3) is 0 Å². The Hall–Kier alpha value is -1.20. The number of rotatable bonds is 2. The van der Waals surface area contributed by atoms with E-state index in [0.717, 1.165) is 25.7 Å². The minimum Gasteiger partial charge on any atom is -0.460 e. The van der Waals surface area contributed by atoms with Crippen LogP contribution in [0.4, 0.5) is 0 Å². The van der Waals surface area contributed by atoms with Crippen LogP contribution in [0.5, 0.6) is 0 Å². The van der Waals surface area contributed by atoms with Crippen LogP contribution >= 0.6 is 0 Å². The van der Waals surface area contributed by atoms with E-state index in [9.17, 15) is 9.59 Å². The first-order valence-corrected chi connectivity index (χ1v) is 12.2. The van der Waals surface area contributed by atoms with Gasteiger partial charge in [-0.05, 0) is 62.5 Å². The molecule has 0 fully saturated rings. The molecule has 0 radical (unpaired) electrons. The van der Waals surface area contributed by atoms with Gasteiger partial charge in [-0.2, -0.15) is 0 Å². The van der Waals surface area contributed by atoms with Gasteiger partial charge in [0.05, 0.1) is 12.2 Å². The van der Waals surface area contributed by atoms with E-state index in [1.165, 1.54) is 6.08 Å². The third kappa shape index (κ3) is 8.14. The highest BCUT2D eigenvalue weighted by Crippen LogP contribution is 2.37. The zero-order chi connectivity index (χ0) is 19.1. The van der Waals surface area contributed by atoms with Gasteiger partial charge in [-0.25, -0.2) is 4.79 Å². The summed E-state index contributed by atoms with van der Waals surface area (Å²) in [4.78, 5) is 24.0. The lowest BCUT2D eigenvalue weighted by Gasteiger charge is -2.38. The monoisotopic (exact) mass is 366 g/mol. The molecule has 1 aliphatic rings. The molecule has 142 valence electrons. The van der Waals surface area contributed by atoms with Crippen molar-refractivity contribution in [1.29, 1.82) is 0 Å². The number of cyclic esters (lactones) is 1.